The summed E-state index contributed by atoms with van der Waals surface area (Å²) in [7, 11) is 2.55. The van der Waals surface area contributed by atoms with Gasteiger partial charge in [0.05, 0.1) is 88.0 Å². The van der Waals surface area contributed by atoms with Crippen molar-refractivity contribution in [2.75, 3.05) is 40.6 Å². The van der Waals surface area contributed by atoms with Gasteiger partial charge in [-0.25, -0.2) is 47.9 Å². The minimum atomic E-state index is -1.06. The van der Waals surface area contributed by atoms with E-state index in [1.165, 1.54) is 28.1 Å². The highest BCUT2D eigenvalue weighted by Crippen LogP contribution is 2.64. The fourth-order valence-corrected chi connectivity index (χ4v) is 22.1. The first kappa shape index (κ1) is 111. The van der Waals surface area contributed by atoms with Gasteiger partial charge in [0, 0.05) is 112 Å². The zero-order valence-electron chi connectivity index (χ0n) is 83.5. The van der Waals surface area contributed by atoms with Crippen LogP contribution in [0.2, 0.25) is 0 Å². The number of carbonyl (C=O) groups excluding carboxylic acids is 20. The van der Waals surface area contributed by atoms with Crippen LogP contribution in [0.25, 0.3) is 0 Å². The van der Waals surface area contributed by atoms with E-state index in [1.54, 1.807) is 83.1 Å². The van der Waals surface area contributed by atoms with Crippen LogP contribution in [0.5, 0.6) is 0 Å². The second-order valence-electron chi connectivity index (χ2n) is 40.8. The molecule has 19 aliphatic rings. The van der Waals surface area contributed by atoms with Crippen LogP contribution in [0.15, 0.2) is 97.2 Å². The lowest BCUT2D eigenvalue weighted by Gasteiger charge is -2.45. The molecule has 0 spiro atoms. The standard InChI is InChI=1S/C16H18O8.C15H15NO6.C14H16O6.C14H18O4.C12H14O5.C11H16O4.2C10H14O4/c1-6(2)14(18)22-5-9(17)23-12-7-4-8-11(10(7)15(19)21-3)16(20)24-13(8)12;1-7(2)13(18)20-5-10(17)21-11-8-3-9-12(11)22-14(19)15(9,4-8)6-16;1-5(2)12(15)19-10-6-4-7-9(8(6)13(16)18-3)14(17)20-11(7)10;1-8(2)12(15)18-14-5-9-3-10(6-14)13(16)17-11(4-9)7-14;1-5(2)11(13)17-8-3-7-9-6(10(8)16-7)4-15-12(9)14;1-7(2)9(12)15-8(3)11(4)5-6-14-10(11)13;2*1-6(2)9(12)14-10(4)5-8(11)13-7(10)3/h7-8,10-13H,1,4-5H2,2-3H3;8-9,11-12H,1,3-5H2,2H3;6-11H,1,4H2,2-3H3;9-11H,1,3-7H2,2H3;6-10H,1,3-4H2,2H3;8H,1,5-6H2,2-4H3;2*7H,1,5H2,2-4H3. The molecule has 784 valence electrons. The molecule has 11 aliphatic heterocycles. The molecule has 42 nitrogen and oxygen atoms in total. The molecular weight excluding hydrogens is 1900 g/mol. The number of hydrogen-bond donors (Lipinski definition) is 0. The Balaban J connectivity index is 0.000000158. The minimum Gasteiger partial charge on any atom is -0.469 e. The zero-order valence-corrected chi connectivity index (χ0v) is 83.5. The maximum atomic E-state index is 12.0. The molecule has 12 bridgehead atoms. The van der Waals surface area contributed by atoms with E-state index < -0.39 is 197 Å². The molecule has 0 aromatic rings. The van der Waals surface area contributed by atoms with Crippen LogP contribution in [0.1, 0.15) is 180 Å². The van der Waals surface area contributed by atoms with Gasteiger partial charge in [0.2, 0.25) is 0 Å². The zero-order chi connectivity index (χ0) is 107. The molecule has 0 radical (unpaired) electrons. The second kappa shape index (κ2) is 44.1. The van der Waals surface area contributed by atoms with Crippen LogP contribution in [0, 0.1) is 105 Å². The van der Waals surface area contributed by atoms with E-state index in [4.69, 9.17) is 99.5 Å². The number of methoxy groups -OCH3 is 2. The molecule has 19 fully saturated rings. The summed E-state index contributed by atoms with van der Waals surface area (Å²) in [4.78, 5) is 231. The minimum absolute atomic E-state index is 0.0455. The molecule has 0 aromatic heterocycles. The third-order valence-electron chi connectivity index (χ3n) is 29.9. The first-order chi connectivity index (χ1) is 67.3. The van der Waals surface area contributed by atoms with E-state index in [0.717, 1.165) is 19.3 Å². The van der Waals surface area contributed by atoms with Crippen molar-refractivity contribution in [2.45, 2.75) is 277 Å². The van der Waals surface area contributed by atoms with Crippen LogP contribution >= 0.6 is 0 Å². The van der Waals surface area contributed by atoms with Gasteiger partial charge >= 0.3 is 119 Å². The van der Waals surface area contributed by atoms with E-state index in [0.29, 0.717) is 98.4 Å². The van der Waals surface area contributed by atoms with E-state index in [-0.39, 0.29) is 149 Å². The maximum absolute atomic E-state index is 12.0. The maximum Gasteiger partial charge on any atom is 0.344 e. The SMILES string of the molecule is C=C(C)C(=O)OC(C)C1(C)CCOC1=O.C=C(C)C(=O)OC1(C)CC(=O)OC1C.C=C(C)C(=O)OC1(C)CC(=O)OC1C.C=C(C)C(=O)OC12CC3CC(C1)OC(=O)C(C3)C2.C=C(C)C(=O)OC1C2CC3C1OC(=O)C3C2C(=O)OC.C=C(C)C(=O)OC1CC2OC1C1COC(=O)C21.C=C(C)C(=O)OCC(=O)OC1C2CC3C1OC(=O)C3(C#N)C2.C=C(C)C(=O)OCC(=O)OC1C2CC3C1OC(=O)C3C2C(=O)OC. The van der Waals surface area contributed by atoms with Crippen LogP contribution in [0.4, 0.5) is 0 Å². The van der Waals surface area contributed by atoms with E-state index in [2.05, 4.69) is 58.7 Å². The van der Waals surface area contributed by atoms with Crippen molar-refractivity contribution in [3.8, 4) is 6.07 Å². The predicted molar refractivity (Wildman–Crippen MR) is 484 cm³/mol. The quantitative estimate of drug-likeness (QED) is 0.0554. The van der Waals surface area contributed by atoms with Crippen molar-refractivity contribution < 1.29 is 195 Å². The Morgan fingerprint density at radius 1 is 0.444 bits per heavy atom. The fourth-order valence-electron chi connectivity index (χ4n) is 22.1. The number of esters is 20. The molecule has 32 atom stereocenters. The van der Waals surface area contributed by atoms with Gasteiger partial charge in [0.1, 0.15) is 84.3 Å². The van der Waals surface area contributed by atoms with Crippen LogP contribution in [-0.2, 0) is 195 Å². The highest BCUT2D eigenvalue weighted by atomic mass is 16.7. The van der Waals surface area contributed by atoms with Gasteiger partial charge in [-0.05, 0) is 148 Å². The van der Waals surface area contributed by atoms with Crippen molar-refractivity contribution in [3.63, 3.8) is 0 Å². The molecule has 0 N–H and O–H groups in total. The molecule has 11 saturated heterocycles. The van der Waals surface area contributed by atoms with E-state index in [9.17, 15) is 101 Å². The molecule has 8 saturated carbocycles. The summed E-state index contributed by atoms with van der Waals surface area (Å²) in [6.45, 7) is 50.3. The van der Waals surface area contributed by atoms with Crippen molar-refractivity contribution >= 4 is 119 Å². The van der Waals surface area contributed by atoms with Gasteiger partial charge in [-0.3, -0.25) is 47.9 Å². The summed E-state index contributed by atoms with van der Waals surface area (Å²) < 4.78 is 108. The van der Waals surface area contributed by atoms with Crippen molar-refractivity contribution in [1.82, 2.24) is 0 Å². The van der Waals surface area contributed by atoms with Crippen molar-refractivity contribution in [1.29, 1.82) is 5.26 Å². The number of carbonyl (C=O) groups is 20. The third-order valence-corrected chi connectivity index (χ3v) is 29.9. The Hall–Kier alpha value is -13.2. The number of nitrogens with zero attached hydrogens (tertiary/aromatic N) is 1. The Kier molecular flexibility index (Phi) is 34.1. The number of fused-ring (bicyclic) bond motifs is 9. The summed E-state index contributed by atoms with van der Waals surface area (Å²) in [5.41, 5.74) is -1.58. The molecule has 42 heteroatoms. The second-order valence-corrected chi connectivity index (χ2v) is 40.8. The Morgan fingerprint density at radius 2 is 0.910 bits per heavy atom. The molecule has 11 heterocycles. The smallest absolute Gasteiger partial charge is 0.344 e. The summed E-state index contributed by atoms with van der Waals surface area (Å²) >= 11 is 0. The average molecular weight is 2020 g/mol. The number of ether oxygens (including phenoxy) is 21. The summed E-state index contributed by atoms with van der Waals surface area (Å²) in [5.74, 6) is -12.0. The summed E-state index contributed by atoms with van der Waals surface area (Å²) in [5, 5.41) is 9.28. The predicted octanol–water partition coefficient (Wildman–Crippen LogP) is 7.21. The normalized spacial score (nSPS) is 36.2. The molecule has 32 unspecified atom stereocenters. The van der Waals surface area contributed by atoms with E-state index in [1.807, 2.05) is 0 Å². The van der Waals surface area contributed by atoms with Gasteiger partial charge in [-0.1, -0.05) is 52.6 Å². The first-order valence-electron chi connectivity index (χ1n) is 47.4. The van der Waals surface area contributed by atoms with Gasteiger partial charge in [0.25, 0.3) is 0 Å². The topological polar surface area (TPSA) is 559 Å². The average Bonchev–Trinajstić information content (AvgIpc) is 1.53. The number of rotatable bonds is 23. The molecule has 144 heavy (non-hydrogen) atoms. The molecule has 8 aliphatic carbocycles. The Bertz CT molecular complexity index is 5340. The van der Waals surface area contributed by atoms with Crippen molar-refractivity contribution in [2.24, 2.45) is 93.7 Å². The van der Waals surface area contributed by atoms with Gasteiger partial charge < -0.3 is 99.5 Å². The summed E-state index contributed by atoms with van der Waals surface area (Å²) in [6.07, 6.45) is 2.16. The van der Waals surface area contributed by atoms with E-state index >= 15 is 0 Å². The molecule has 0 amide bonds. The lowest BCUT2D eigenvalue weighted by Crippen LogP contribution is -2.48. The van der Waals surface area contributed by atoms with Crippen molar-refractivity contribution in [3.05, 3.63) is 97.2 Å². The van der Waals surface area contributed by atoms with Crippen LogP contribution < -0.4 is 0 Å². The summed E-state index contributed by atoms with van der Waals surface area (Å²) in [6, 6.07) is 2.08. The largest absolute Gasteiger partial charge is 0.469 e. The number of cyclic esters (lactones) is 4. The Morgan fingerprint density at radius 3 is 1.35 bits per heavy atom. The number of hydrogen-bond acceptors (Lipinski definition) is 42. The third kappa shape index (κ3) is 23.2. The highest BCUT2D eigenvalue weighted by Gasteiger charge is 2.74. The Labute approximate surface area is 830 Å². The lowest BCUT2D eigenvalue weighted by molar-refractivity contribution is -0.171. The molecule has 0 aromatic carbocycles. The van der Waals surface area contributed by atoms with Crippen LogP contribution in [0.3, 0.4) is 0 Å². The highest BCUT2D eigenvalue weighted by molar-refractivity contribution is 5.94. The first-order valence-corrected chi connectivity index (χ1v) is 47.4. The number of nitriles is 1. The molecule has 19 rings (SSSR count). The monoisotopic (exact) mass is 2020 g/mol. The fraction of sp³-hybridized carbons (Fsp3) is 0.637. The van der Waals surface area contributed by atoms with Gasteiger partial charge in [0.15, 0.2) is 29.8 Å². The van der Waals surface area contributed by atoms with Crippen LogP contribution in [-0.4, -0.2) is 256 Å². The van der Waals surface area contributed by atoms with Gasteiger partial charge in [-0.15, -0.1) is 0 Å². The van der Waals surface area contributed by atoms with Gasteiger partial charge in [-0.2, -0.15) is 5.26 Å². The molecular formula is C102H125NO41. The lowest BCUT2D eigenvalue weighted by atomic mass is 9.65.